The molecule has 8 nitrogen and oxygen atoms in total. The minimum atomic E-state index is -1.17. The quantitative estimate of drug-likeness (QED) is 0.397. The molecule has 1 aromatic heterocycles. The van der Waals surface area contributed by atoms with Crippen molar-refractivity contribution in [3.8, 4) is 0 Å². The number of nitrogens with one attached hydrogen (secondary N) is 2. The van der Waals surface area contributed by atoms with Gasteiger partial charge in [0.1, 0.15) is 12.1 Å². The number of para-hydroxylation sites is 1. The van der Waals surface area contributed by atoms with Gasteiger partial charge in [-0.1, -0.05) is 32.0 Å². The molecule has 0 aliphatic carbocycles. The van der Waals surface area contributed by atoms with Crippen LogP contribution in [0, 0.1) is 5.92 Å². The van der Waals surface area contributed by atoms with Gasteiger partial charge in [-0.05, 0) is 30.4 Å². The first-order valence-corrected chi connectivity index (χ1v) is 9.77. The molecule has 0 aliphatic rings. The third-order valence-electron chi connectivity index (χ3n) is 4.66. The minimum absolute atomic E-state index is 0. The summed E-state index contributed by atoms with van der Waals surface area (Å²) in [6.45, 7) is 4.34. The number of fused-ring (bicyclic) bond motifs is 1. The highest BCUT2D eigenvalue weighted by Gasteiger charge is 2.25. The average Bonchev–Trinajstić information content (AvgIpc) is 3.08. The molecule has 2 rings (SSSR count). The molecule has 0 aliphatic heterocycles. The molecule has 0 spiro atoms. The van der Waals surface area contributed by atoms with Crippen molar-refractivity contribution in [1.82, 2.24) is 10.3 Å². The summed E-state index contributed by atoms with van der Waals surface area (Å²) in [4.78, 5) is 38.9. The molecule has 166 valence electrons. The molecule has 2 atom stereocenters. The molecule has 2 aromatic rings. The zero-order chi connectivity index (χ0) is 21.4. The number of carbonyl (C=O) groups excluding carboxylic acids is 2. The molecule has 0 saturated carbocycles. The van der Waals surface area contributed by atoms with Crippen LogP contribution in [0.4, 0.5) is 0 Å². The topological polar surface area (TPSA) is 135 Å². The van der Waals surface area contributed by atoms with Crippen molar-refractivity contribution in [2.75, 3.05) is 6.61 Å². The standard InChI is InChI=1S/C21H29N3O5.ClH/c1-13(2)9-10-29-21(28)18(24-19(25)8-7-16(22)20(26)27)11-14-12-23-17-6-4-3-5-15(14)17;/h3-6,12-13,16,18,23H,7-11,22H2,1-2H3,(H,24,25)(H,26,27);1H. The lowest BCUT2D eigenvalue weighted by Crippen LogP contribution is -2.44. The molecular formula is C21H30ClN3O5. The summed E-state index contributed by atoms with van der Waals surface area (Å²) in [5.41, 5.74) is 7.27. The highest BCUT2D eigenvalue weighted by atomic mass is 35.5. The Morgan fingerprint density at radius 3 is 2.57 bits per heavy atom. The van der Waals surface area contributed by atoms with Crippen molar-refractivity contribution in [1.29, 1.82) is 0 Å². The van der Waals surface area contributed by atoms with E-state index < -0.39 is 29.9 Å². The van der Waals surface area contributed by atoms with Crippen molar-refractivity contribution in [3.05, 3.63) is 36.0 Å². The smallest absolute Gasteiger partial charge is 0.328 e. The number of benzene rings is 1. The van der Waals surface area contributed by atoms with Gasteiger partial charge < -0.3 is 25.9 Å². The number of hydrogen-bond acceptors (Lipinski definition) is 5. The molecule has 1 aromatic carbocycles. The van der Waals surface area contributed by atoms with E-state index in [0.717, 1.165) is 22.9 Å². The van der Waals surface area contributed by atoms with Gasteiger partial charge in [0.2, 0.25) is 5.91 Å². The van der Waals surface area contributed by atoms with Gasteiger partial charge in [0, 0.05) is 29.9 Å². The summed E-state index contributed by atoms with van der Waals surface area (Å²) in [5.74, 6) is -1.72. The summed E-state index contributed by atoms with van der Waals surface area (Å²) >= 11 is 0. The molecule has 1 heterocycles. The third-order valence-corrected chi connectivity index (χ3v) is 4.66. The minimum Gasteiger partial charge on any atom is -0.480 e. The van der Waals surface area contributed by atoms with Crippen molar-refractivity contribution in [3.63, 3.8) is 0 Å². The van der Waals surface area contributed by atoms with E-state index in [4.69, 9.17) is 15.6 Å². The summed E-state index contributed by atoms with van der Waals surface area (Å²) in [6.07, 6.45) is 2.71. The molecular weight excluding hydrogens is 410 g/mol. The van der Waals surface area contributed by atoms with Crippen molar-refractivity contribution in [2.45, 2.75) is 51.6 Å². The summed E-state index contributed by atoms with van der Waals surface area (Å²) in [5, 5.41) is 12.5. The van der Waals surface area contributed by atoms with Gasteiger partial charge in [-0.15, -0.1) is 12.4 Å². The van der Waals surface area contributed by atoms with Gasteiger partial charge >= 0.3 is 11.9 Å². The molecule has 5 N–H and O–H groups in total. The molecule has 2 unspecified atom stereocenters. The lowest BCUT2D eigenvalue weighted by Gasteiger charge is -2.18. The summed E-state index contributed by atoms with van der Waals surface area (Å²) in [6, 6.07) is 5.70. The van der Waals surface area contributed by atoms with Crippen LogP contribution in [0.5, 0.6) is 0 Å². The van der Waals surface area contributed by atoms with Gasteiger partial charge in [0.25, 0.3) is 0 Å². The predicted octanol–water partition coefficient (Wildman–Crippen LogP) is 2.40. The highest BCUT2D eigenvalue weighted by Crippen LogP contribution is 2.19. The predicted molar refractivity (Wildman–Crippen MR) is 116 cm³/mol. The van der Waals surface area contributed by atoms with E-state index >= 15 is 0 Å². The van der Waals surface area contributed by atoms with Crippen LogP contribution < -0.4 is 11.1 Å². The number of ether oxygens (including phenoxy) is 1. The first kappa shape index (κ1) is 25.5. The van der Waals surface area contributed by atoms with Gasteiger partial charge in [0.05, 0.1) is 6.61 Å². The Hall–Kier alpha value is -2.58. The normalized spacial score (nSPS) is 12.8. The van der Waals surface area contributed by atoms with E-state index in [1.165, 1.54) is 0 Å². The second-order valence-corrected chi connectivity index (χ2v) is 7.52. The first-order chi connectivity index (χ1) is 13.8. The number of aliphatic carboxylic acids is 1. The van der Waals surface area contributed by atoms with Gasteiger partial charge in [-0.25, -0.2) is 4.79 Å². The van der Waals surface area contributed by atoms with E-state index in [9.17, 15) is 14.4 Å². The molecule has 30 heavy (non-hydrogen) atoms. The van der Waals surface area contributed by atoms with Crippen LogP contribution in [0.3, 0.4) is 0 Å². The van der Waals surface area contributed by atoms with Crippen LogP contribution in [0.15, 0.2) is 30.5 Å². The number of nitrogens with two attached hydrogens (primary N) is 1. The molecule has 1 amide bonds. The van der Waals surface area contributed by atoms with E-state index in [2.05, 4.69) is 10.3 Å². The molecule has 0 bridgehead atoms. The lowest BCUT2D eigenvalue weighted by atomic mass is 10.0. The number of carboxylic acid groups (broad SMARTS) is 1. The zero-order valence-corrected chi connectivity index (χ0v) is 18.0. The van der Waals surface area contributed by atoms with Crippen LogP contribution in [-0.2, 0) is 25.5 Å². The number of aromatic nitrogens is 1. The second-order valence-electron chi connectivity index (χ2n) is 7.52. The Bertz CT molecular complexity index is 852. The van der Waals surface area contributed by atoms with E-state index in [0.29, 0.717) is 5.92 Å². The average molecular weight is 440 g/mol. The second kappa shape index (κ2) is 12.2. The number of hydrogen-bond donors (Lipinski definition) is 4. The monoisotopic (exact) mass is 439 g/mol. The number of halogens is 1. The largest absolute Gasteiger partial charge is 0.480 e. The number of esters is 1. The fraction of sp³-hybridized carbons (Fsp3) is 0.476. The van der Waals surface area contributed by atoms with Crippen molar-refractivity contribution >= 4 is 41.2 Å². The number of carboxylic acids is 1. The van der Waals surface area contributed by atoms with Gasteiger partial charge in [-0.2, -0.15) is 0 Å². The maximum absolute atomic E-state index is 12.6. The number of rotatable bonds is 11. The molecule has 9 heteroatoms. The van der Waals surface area contributed by atoms with Crippen LogP contribution in [0.2, 0.25) is 0 Å². The fourth-order valence-corrected chi connectivity index (χ4v) is 2.89. The van der Waals surface area contributed by atoms with Gasteiger partial charge in [-0.3, -0.25) is 9.59 Å². The molecule has 0 fully saturated rings. The maximum Gasteiger partial charge on any atom is 0.328 e. The van der Waals surface area contributed by atoms with Crippen LogP contribution >= 0.6 is 12.4 Å². The number of aromatic amines is 1. The molecule has 0 radical (unpaired) electrons. The fourth-order valence-electron chi connectivity index (χ4n) is 2.89. The van der Waals surface area contributed by atoms with Crippen molar-refractivity contribution in [2.24, 2.45) is 11.7 Å². The Morgan fingerprint density at radius 2 is 1.90 bits per heavy atom. The van der Waals surface area contributed by atoms with Crippen LogP contribution in [0.1, 0.15) is 38.7 Å². The Balaban J connectivity index is 0.00000450. The van der Waals surface area contributed by atoms with E-state index in [1.54, 1.807) is 0 Å². The lowest BCUT2D eigenvalue weighted by molar-refractivity contribution is -0.148. The Kier molecular flexibility index (Phi) is 10.3. The highest BCUT2D eigenvalue weighted by molar-refractivity contribution is 5.87. The maximum atomic E-state index is 12.6. The Morgan fingerprint density at radius 1 is 1.20 bits per heavy atom. The van der Waals surface area contributed by atoms with Crippen LogP contribution in [0.25, 0.3) is 10.9 Å². The number of H-pyrrole nitrogens is 1. The van der Waals surface area contributed by atoms with E-state index in [1.807, 2.05) is 44.3 Å². The van der Waals surface area contributed by atoms with Gasteiger partial charge in [0.15, 0.2) is 0 Å². The SMILES string of the molecule is CC(C)CCOC(=O)C(Cc1c[nH]c2ccccc12)NC(=O)CCC(N)C(=O)O.Cl. The summed E-state index contributed by atoms with van der Waals surface area (Å²) in [7, 11) is 0. The number of carbonyl (C=O) groups is 3. The first-order valence-electron chi connectivity index (χ1n) is 9.77. The third kappa shape index (κ3) is 7.68. The van der Waals surface area contributed by atoms with Crippen molar-refractivity contribution < 1.29 is 24.2 Å². The molecule has 0 saturated heterocycles. The van der Waals surface area contributed by atoms with E-state index in [-0.39, 0.29) is 38.3 Å². The summed E-state index contributed by atoms with van der Waals surface area (Å²) < 4.78 is 5.36. The van der Waals surface area contributed by atoms with Crippen LogP contribution in [-0.4, -0.2) is 46.6 Å². The Labute approximate surface area is 182 Å². The number of amides is 1. The zero-order valence-electron chi connectivity index (χ0n) is 17.2.